The molecule has 0 aromatic carbocycles. The summed E-state index contributed by atoms with van der Waals surface area (Å²) >= 11 is 0. The zero-order valence-corrected chi connectivity index (χ0v) is 8.89. The molecule has 13 heavy (non-hydrogen) atoms. The molecule has 2 N–H and O–H groups in total. The largest absolute Gasteiger partial charge is 0.327 e. The molecule has 0 spiro atoms. The molecule has 0 bridgehead atoms. The van der Waals surface area contributed by atoms with Gasteiger partial charge < -0.3 is 5.73 Å². The van der Waals surface area contributed by atoms with E-state index in [4.69, 9.17) is 5.73 Å². The van der Waals surface area contributed by atoms with Gasteiger partial charge >= 0.3 is 0 Å². The van der Waals surface area contributed by atoms with E-state index in [0.717, 1.165) is 5.92 Å². The minimum atomic E-state index is 0.460. The van der Waals surface area contributed by atoms with E-state index in [2.05, 4.69) is 13.5 Å². The molecule has 0 radical (unpaired) electrons. The Balaban J connectivity index is 2.31. The van der Waals surface area contributed by atoms with Crippen LogP contribution in [0.1, 0.15) is 51.9 Å². The van der Waals surface area contributed by atoms with E-state index in [0.29, 0.717) is 6.04 Å². The molecule has 2 atom stereocenters. The van der Waals surface area contributed by atoms with Crippen molar-refractivity contribution in [3.05, 3.63) is 12.2 Å². The normalized spacial score (nSPS) is 29.7. The Hall–Kier alpha value is -0.300. The molecule has 0 saturated heterocycles. The topological polar surface area (TPSA) is 26.0 Å². The first kappa shape index (κ1) is 10.8. The molecule has 0 amide bonds. The van der Waals surface area contributed by atoms with Crippen molar-refractivity contribution in [2.24, 2.45) is 11.7 Å². The van der Waals surface area contributed by atoms with Crippen molar-refractivity contribution in [1.82, 2.24) is 0 Å². The van der Waals surface area contributed by atoms with Gasteiger partial charge in [0.15, 0.2) is 0 Å². The Morgan fingerprint density at radius 3 is 2.69 bits per heavy atom. The predicted octanol–water partition coefficient (Wildman–Crippen LogP) is 3.25. The van der Waals surface area contributed by atoms with Crippen LogP contribution in [0.2, 0.25) is 0 Å². The lowest BCUT2D eigenvalue weighted by atomic mass is 9.90. The minimum absolute atomic E-state index is 0.460. The van der Waals surface area contributed by atoms with Gasteiger partial charge in [-0.2, -0.15) is 0 Å². The summed E-state index contributed by atoms with van der Waals surface area (Å²) in [5, 5.41) is 0. The van der Waals surface area contributed by atoms with Crippen LogP contribution in [0.4, 0.5) is 0 Å². The molecule has 0 aromatic heterocycles. The number of rotatable bonds is 3. The quantitative estimate of drug-likeness (QED) is 0.525. The number of hydrogen-bond donors (Lipinski definition) is 1. The highest BCUT2D eigenvalue weighted by molar-refractivity contribution is 4.89. The van der Waals surface area contributed by atoms with Crippen LogP contribution in [0.3, 0.4) is 0 Å². The highest BCUT2D eigenvalue weighted by Gasteiger charge is 2.19. The van der Waals surface area contributed by atoms with Gasteiger partial charge in [-0.15, -0.1) is 6.58 Å². The third-order valence-corrected chi connectivity index (χ3v) is 3.16. The van der Waals surface area contributed by atoms with E-state index < -0.39 is 0 Å². The molecule has 1 aliphatic rings. The van der Waals surface area contributed by atoms with Gasteiger partial charge in [0.25, 0.3) is 0 Å². The zero-order valence-electron chi connectivity index (χ0n) is 8.89. The molecule has 1 fully saturated rings. The smallest absolute Gasteiger partial charge is 0.00672 e. The van der Waals surface area contributed by atoms with Crippen molar-refractivity contribution < 1.29 is 0 Å². The van der Waals surface area contributed by atoms with Gasteiger partial charge in [-0.25, -0.2) is 0 Å². The van der Waals surface area contributed by atoms with Crippen molar-refractivity contribution in [2.75, 3.05) is 0 Å². The van der Waals surface area contributed by atoms with Crippen LogP contribution >= 0.6 is 0 Å². The van der Waals surface area contributed by atoms with E-state index in [1.54, 1.807) is 0 Å². The van der Waals surface area contributed by atoms with Crippen molar-refractivity contribution in [3.8, 4) is 0 Å². The number of hydrogen-bond acceptors (Lipinski definition) is 1. The first-order chi connectivity index (χ1) is 6.20. The van der Waals surface area contributed by atoms with Gasteiger partial charge in [-0.1, -0.05) is 24.8 Å². The van der Waals surface area contributed by atoms with E-state index in [1.807, 2.05) is 0 Å². The summed E-state index contributed by atoms with van der Waals surface area (Å²) in [4.78, 5) is 0. The molecular formula is C12H23N. The van der Waals surface area contributed by atoms with Crippen molar-refractivity contribution >= 4 is 0 Å². The Labute approximate surface area is 82.4 Å². The van der Waals surface area contributed by atoms with Crippen LogP contribution in [0, 0.1) is 5.92 Å². The summed E-state index contributed by atoms with van der Waals surface area (Å²) in [5.41, 5.74) is 7.44. The standard InChI is InChI=1S/C12H23N/c1-10(2)8-9-11-6-4-3-5-7-12(11)13/h11-12H,1,3-9,13H2,2H3. The van der Waals surface area contributed by atoms with Crippen LogP contribution in [0.5, 0.6) is 0 Å². The van der Waals surface area contributed by atoms with Crippen molar-refractivity contribution in [2.45, 2.75) is 57.9 Å². The molecule has 1 saturated carbocycles. The minimum Gasteiger partial charge on any atom is -0.327 e. The molecular weight excluding hydrogens is 158 g/mol. The maximum atomic E-state index is 6.14. The highest BCUT2D eigenvalue weighted by atomic mass is 14.6. The maximum Gasteiger partial charge on any atom is 0.00672 e. The monoisotopic (exact) mass is 181 g/mol. The summed E-state index contributed by atoms with van der Waals surface area (Å²) in [7, 11) is 0. The van der Waals surface area contributed by atoms with Gasteiger partial charge in [-0.05, 0) is 38.5 Å². The predicted molar refractivity (Wildman–Crippen MR) is 58.6 cm³/mol. The molecule has 1 heteroatoms. The molecule has 76 valence electrons. The summed E-state index contributed by atoms with van der Waals surface area (Å²) in [6, 6.07) is 0.460. The third kappa shape index (κ3) is 3.95. The van der Waals surface area contributed by atoms with Crippen LogP contribution in [-0.2, 0) is 0 Å². The Bertz CT molecular complexity index is 163. The number of nitrogens with two attached hydrogens (primary N) is 1. The van der Waals surface area contributed by atoms with Gasteiger partial charge in [0.1, 0.15) is 0 Å². The van der Waals surface area contributed by atoms with Gasteiger partial charge in [0, 0.05) is 6.04 Å². The fraction of sp³-hybridized carbons (Fsp3) is 0.833. The Morgan fingerprint density at radius 2 is 2.00 bits per heavy atom. The lowest BCUT2D eigenvalue weighted by Crippen LogP contribution is -2.28. The van der Waals surface area contributed by atoms with Crippen LogP contribution in [-0.4, -0.2) is 6.04 Å². The molecule has 1 rings (SSSR count). The summed E-state index contributed by atoms with van der Waals surface area (Å²) in [5.74, 6) is 0.763. The lowest BCUT2D eigenvalue weighted by Gasteiger charge is -2.21. The number of allylic oxidation sites excluding steroid dienone is 1. The van der Waals surface area contributed by atoms with Gasteiger partial charge in [0.2, 0.25) is 0 Å². The zero-order chi connectivity index (χ0) is 9.68. The van der Waals surface area contributed by atoms with Crippen LogP contribution in [0.25, 0.3) is 0 Å². The van der Waals surface area contributed by atoms with E-state index in [-0.39, 0.29) is 0 Å². The average molecular weight is 181 g/mol. The second kappa shape index (κ2) is 5.43. The Morgan fingerprint density at radius 1 is 1.31 bits per heavy atom. The van der Waals surface area contributed by atoms with Crippen LogP contribution < -0.4 is 5.73 Å². The van der Waals surface area contributed by atoms with E-state index in [9.17, 15) is 0 Å². The second-order valence-electron chi connectivity index (χ2n) is 4.56. The fourth-order valence-electron chi connectivity index (χ4n) is 2.20. The van der Waals surface area contributed by atoms with Gasteiger partial charge in [0.05, 0.1) is 0 Å². The molecule has 1 nitrogen and oxygen atoms in total. The lowest BCUT2D eigenvalue weighted by molar-refractivity contribution is 0.373. The second-order valence-corrected chi connectivity index (χ2v) is 4.56. The SMILES string of the molecule is C=C(C)CCC1CCCCCC1N. The average Bonchev–Trinajstić information content (AvgIpc) is 2.27. The fourth-order valence-corrected chi connectivity index (χ4v) is 2.20. The highest BCUT2D eigenvalue weighted by Crippen LogP contribution is 2.26. The first-order valence-corrected chi connectivity index (χ1v) is 5.60. The summed E-state index contributed by atoms with van der Waals surface area (Å²) < 4.78 is 0. The van der Waals surface area contributed by atoms with Gasteiger partial charge in [-0.3, -0.25) is 0 Å². The molecule has 1 aliphatic carbocycles. The van der Waals surface area contributed by atoms with E-state index in [1.165, 1.54) is 50.5 Å². The first-order valence-electron chi connectivity index (χ1n) is 5.60. The summed E-state index contributed by atoms with van der Waals surface area (Å²) in [6.45, 7) is 6.06. The summed E-state index contributed by atoms with van der Waals surface area (Å²) in [6.07, 6.45) is 9.11. The van der Waals surface area contributed by atoms with Crippen molar-refractivity contribution in [3.63, 3.8) is 0 Å². The maximum absolute atomic E-state index is 6.14. The Kier molecular flexibility index (Phi) is 4.51. The molecule has 0 aliphatic heterocycles. The van der Waals surface area contributed by atoms with E-state index >= 15 is 0 Å². The van der Waals surface area contributed by atoms with Crippen molar-refractivity contribution in [1.29, 1.82) is 0 Å². The molecule has 2 unspecified atom stereocenters. The third-order valence-electron chi connectivity index (χ3n) is 3.16. The van der Waals surface area contributed by atoms with Crippen LogP contribution in [0.15, 0.2) is 12.2 Å². The molecule has 0 aromatic rings. The molecule has 0 heterocycles.